The second-order valence-corrected chi connectivity index (χ2v) is 2.42. The maximum atomic E-state index is 8.65. The summed E-state index contributed by atoms with van der Waals surface area (Å²) in [7, 11) is 0. The predicted octanol–water partition coefficient (Wildman–Crippen LogP) is 0.315. The molecule has 0 saturated carbocycles. The maximum Gasteiger partial charge on any atom is 0.0682 e. The number of aryl methyl sites for hydroxylation is 1. The number of H-pyrrole nitrogens is 1. The van der Waals surface area contributed by atoms with E-state index in [1.165, 1.54) is 0 Å². The van der Waals surface area contributed by atoms with Crippen molar-refractivity contribution in [1.29, 1.82) is 0 Å². The van der Waals surface area contributed by atoms with Crippen LogP contribution >= 0.6 is 0 Å². The number of aromatic nitrogens is 1. The molecule has 0 bridgehead atoms. The molecule has 0 saturated heterocycles. The summed E-state index contributed by atoms with van der Waals surface area (Å²) in [5.74, 6) is 0. The van der Waals surface area contributed by atoms with E-state index in [1.807, 2.05) is 19.2 Å². The lowest BCUT2D eigenvalue weighted by molar-refractivity contribution is 0.266. The molecular weight excluding hydrogens is 128 g/mol. The van der Waals surface area contributed by atoms with Gasteiger partial charge < -0.3 is 15.8 Å². The van der Waals surface area contributed by atoms with Gasteiger partial charge in [0.1, 0.15) is 0 Å². The zero-order chi connectivity index (χ0) is 7.56. The van der Waals surface area contributed by atoms with Crippen LogP contribution in [0.25, 0.3) is 0 Å². The lowest BCUT2D eigenvalue weighted by Crippen LogP contribution is -2.14. The molecule has 0 radical (unpaired) electrons. The standard InChI is InChI=1S/C7H12N2O/c1-5-2-7(9-3-5)6(8)4-10/h2-3,6,9-10H,4,8H2,1H3/t6-/m1/s1. The molecule has 1 atom stereocenters. The number of aromatic amines is 1. The van der Waals surface area contributed by atoms with Gasteiger partial charge in [-0.25, -0.2) is 0 Å². The molecule has 0 unspecified atom stereocenters. The fourth-order valence-electron chi connectivity index (χ4n) is 0.838. The summed E-state index contributed by atoms with van der Waals surface area (Å²) in [6.45, 7) is 1.96. The van der Waals surface area contributed by atoms with E-state index < -0.39 is 0 Å². The van der Waals surface area contributed by atoms with E-state index in [-0.39, 0.29) is 12.6 Å². The minimum absolute atomic E-state index is 0.0139. The monoisotopic (exact) mass is 140 g/mol. The van der Waals surface area contributed by atoms with Crippen molar-refractivity contribution in [2.24, 2.45) is 5.73 Å². The average molecular weight is 140 g/mol. The summed E-state index contributed by atoms with van der Waals surface area (Å²) in [6.07, 6.45) is 1.87. The van der Waals surface area contributed by atoms with Gasteiger partial charge in [-0.3, -0.25) is 0 Å². The van der Waals surface area contributed by atoms with Crippen LogP contribution in [-0.2, 0) is 0 Å². The quantitative estimate of drug-likeness (QED) is 0.553. The Morgan fingerprint density at radius 3 is 2.90 bits per heavy atom. The van der Waals surface area contributed by atoms with Crippen molar-refractivity contribution in [3.05, 3.63) is 23.5 Å². The highest BCUT2D eigenvalue weighted by Crippen LogP contribution is 2.08. The van der Waals surface area contributed by atoms with Crippen LogP contribution in [0.4, 0.5) is 0 Å². The van der Waals surface area contributed by atoms with Crippen LogP contribution in [0.2, 0.25) is 0 Å². The third-order valence-corrected chi connectivity index (χ3v) is 1.45. The molecule has 1 aromatic heterocycles. The Morgan fingerprint density at radius 2 is 2.50 bits per heavy atom. The van der Waals surface area contributed by atoms with Crippen LogP contribution in [0.5, 0.6) is 0 Å². The van der Waals surface area contributed by atoms with Crippen LogP contribution < -0.4 is 5.73 Å². The Kier molecular flexibility index (Phi) is 2.09. The van der Waals surface area contributed by atoms with E-state index in [2.05, 4.69) is 4.98 Å². The molecule has 4 N–H and O–H groups in total. The molecule has 0 fully saturated rings. The molecule has 0 aliphatic heterocycles. The summed E-state index contributed by atoms with van der Waals surface area (Å²) in [4.78, 5) is 2.97. The smallest absolute Gasteiger partial charge is 0.0682 e. The van der Waals surface area contributed by atoms with Crippen molar-refractivity contribution < 1.29 is 5.11 Å². The summed E-state index contributed by atoms with van der Waals surface area (Å²) in [6, 6.07) is 1.66. The van der Waals surface area contributed by atoms with Crippen molar-refractivity contribution >= 4 is 0 Å². The third-order valence-electron chi connectivity index (χ3n) is 1.45. The second-order valence-electron chi connectivity index (χ2n) is 2.42. The van der Waals surface area contributed by atoms with Gasteiger partial charge in [-0.1, -0.05) is 0 Å². The highest BCUT2D eigenvalue weighted by Gasteiger charge is 2.04. The third kappa shape index (κ3) is 1.37. The van der Waals surface area contributed by atoms with E-state index in [0.717, 1.165) is 11.3 Å². The van der Waals surface area contributed by atoms with Crippen molar-refractivity contribution in [3.8, 4) is 0 Å². The predicted molar refractivity (Wildman–Crippen MR) is 39.5 cm³/mol. The van der Waals surface area contributed by atoms with E-state index in [9.17, 15) is 0 Å². The van der Waals surface area contributed by atoms with Gasteiger partial charge in [0.2, 0.25) is 0 Å². The van der Waals surface area contributed by atoms with Gasteiger partial charge >= 0.3 is 0 Å². The Morgan fingerprint density at radius 1 is 1.80 bits per heavy atom. The zero-order valence-electron chi connectivity index (χ0n) is 5.96. The minimum atomic E-state index is -0.270. The first-order chi connectivity index (χ1) is 4.74. The van der Waals surface area contributed by atoms with Gasteiger partial charge in [-0.15, -0.1) is 0 Å². The van der Waals surface area contributed by atoms with Crippen LogP contribution in [-0.4, -0.2) is 16.7 Å². The first-order valence-electron chi connectivity index (χ1n) is 3.25. The van der Waals surface area contributed by atoms with Crippen LogP contribution in [0.3, 0.4) is 0 Å². The molecule has 10 heavy (non-hydrogen) atoms. The van der Waals surface area contributed by atoms with Crippen LogP contribution in [0, 0.1) is 6.92 Å². The van der Waals surface area contributed by atoms with Crippen LogP contribution in [0.15, 0.2) is 12.3 Å². The number of aliphatic hydroxyl groups is 1. The number of rotatable bonds is 2. The lowest BCUT2D eigenvalue weighted by Gasteiger charge is -2.03. The van der Waals surface area contributed by atoms with Crippen molar-refractivity contribution in [3.63, 3.8) is 0 Å². The SMILES string of the molecule is Cc1c[nH]c([C@H](N)CO)c1. The summed E-state index contributed by atoms with van der Waals surface area (Å²) >= 11 is 0. The van der Waals surface area contributed by atoms with Gasteiger partial charge in [0.15, 0.2) is 0 Å². The van der Waals surface area contributed by atoms with Gasteiger partial charge in [0, 0.05) is 11.9 Å². The van der Waals surface area contributed by atoms with Crippen molar-refractivity contribution in [2.75, 3.05) is 6.61 Å². The molecular formula is C7H12N2O. The number of hydrogen-bond donors (Lipinski definition) is 3. The molecule has 3 nitrogen and oxygen atoms in total. The average Bonchev–Trinajstić information content (AvgIpc) is 2.34. The molecule has 1 rings (SSSR count). The number of nitrogens with one attached hydrogen (secondary N) is 1. The largest absolute Gasteiger partial charge is 0.394 e. The fourth-order valence-corrected chi connectivity index (χ4v) is 0.838. The van der Waals surface area contributed by atoms with E-state index in [0.29, 0.717) is 0 Å². The molecule has 56 valence electrons. The van der Waals surface area contributed by atoms with E-state index in [1.54, 1.807) is 0 Å². The molecule has 0 spiro atoms. The second kappa shape index (κ2) is 2.86. The Hall–Kier alpha value is -0.800. The zero-order valence-corrected chi connectivity index (χ0v) is 5.96. The lowest BCUT2D eigenvalue weighted by atomic mass is 10.2. The normalized spacial score (nSPS) is 13.5. The topological polar surface area (TPSA) is 62.0 Å². The molecule has 0 amide bonds. The Balaban J connectivity index is 2.74. The number of nitrogens with two attached hydrogens (primary N) is 1. The first kappa shape index (κ1) is 7.31. The fraction of sp³-hybridized carbons (Fsp3) is 0.429. The van der Waals surface area contributed by atoms with Crippen molar-refractivity contribution in [1.82, 2.24) is 4.98 Å². The highest BCUT2D eigenvalue weighted by atomic mass is 16.3. The van der Waals surface area contributed by atoms with Gasteiger partial charge in [0.05, 0.1) is 12.6 Å². The Bertz CT molecular complexity index is 207. The maximum absolute atomic E-state index is 8.65. The summed E-state index contributed by atoms with van der Waals surface area (Å²) in [5, 5.41) is 8.65. The summed E-state index contributed by atoms with van der Waals surface area (Å²) < 4.78 is 0. The van der Waals surface area contributed by atoms with Gasteiger partial charge in [-0.2, -0.15) is 0 Å². The Labute approximate surface area is 59.9 Å². The molecule has 0 aromatic carbocycles. The van der Waals surface area contributed by atoms with Crippen molar-refractivity contribution in [2.45, 2.75) is 13.0 Å². The molecule has 0 aliphatic rings. The molecule has 1 heterocycles. The number of hydrogen-bond acceptors (Lipinski definition) is 2. The van der Waals surface area contributed by atoms with E-state index >= 15 is 0 Å². The molecule has 1 aromatic rings. The molecule has 0 aliphatic carbocycles. The minimum Gasteiger partial charge on any atom is -0.394 e. The van der Waals surface area contributed by atoms with Crippen LogP contribution in [0.1, 0.15) is 17.3 Å². The number of aliphatic hydroxyl groups excluding tert-OH is 1. The first-order valence-corrected chi connectivity index (χ1v) is 3.25. The van der Waals surface area contributed by atoms with Gasteiger partial charge in [-0.05, 0) is 18.6 Å². The molecule has 3 heteroatoms. The van der Waals surface area contributed by atoms with E-state index in [4.69, 9.17) is 10.8 Å². The highest BCUT2D eigenvalue weighted by molar-refractivity contribution is 5.17. The summed E-state index contributed by atoms with van der Waals surface area (Å²) in [5.41, 5.74) is 7.55. The van der Waals surface area contributed by atoms with Gasteiger partial charge in [0.25, 0.3) is 0 Å².